The number of hydrogen-bond acceptors (Lipinski definition) is 7. The van der Waals surface area contributed by atoms with Crippen molar-refractivity contribution in [2.24, 2.45) is 0 Å². The Morgan fingerprint density at radius 1 is 1.26 bits per heavy atom. The third-order valence-corrected chi connectivity index (χ3v) is 7.39. The zero-order valence-corrected chi connectivity index (χ0v) is 22.0. The van der Waals surface area contributed by atoms with Gasteiger partial charge in [-0.1, -0.05) is 23.7 Å². The number of nitrogens with zero attached hydrogens (tertiary/aromatic N) is 4. The maximum Gasteiger partial charge on any atom is 0.256 e. The van der Waals surface area contributed by atoms with Crippen molar-refractivity contribution in [3.63, 3.8) is 0 Å². The Kier molecular flexibility index (Phi) is 7.35. The summed E-state index contributed by atoms with van der Waals surface area (Å²) in [5.74, 6) is 0.0471. The van der Waals surface area contributed by atoms with Gasteiger partial charge in [-0.25, -0.2) is 14.4 Å². The number of hydrogen-bond donors (Lipinski definition) is 2. The predicted octanol–water partition coefficient (Wildman–Crippen LogP) is 3.94. The van der Waals surface area contributed by atoms with Crippen molar-refractivity contribution >= 4 is 40.5 Å². The van der Waals surface area contributed by atoms with Crippen LogP contribution in [0, 0.1) is 5.82 Å². The number of likely N-dealkylation sites (tertiary alicyclic amines) is 1. The molecule has 0 saturated carbocycles. The van der Waals surface area contributed by atoms with Gasteiger partial charge in [-0.05, 0) is 42.7 Å². The molecule has 4 aromatic rings. The van der Waals surface area contributed by atoms with E-state index >= 15 is 0 Å². The van der Waals surface area contributed by atoms with Crippen LogP contribution in [-0.2, 0) is 23.5 Å². The largest absolute Gasteiger partial charge is 0.385 e. The summed E-state index contributed by atoms with van der Waals surface area (Å²) in [6.07, 6.45) is 4.35. The van der Waals surface area contributed by atoms with E-state index in [1.807, 2.05) is 4.57 Å². The smallest absolute Gasteiger partial charge is 0.256 e. The number of fused-ring (bicyclic) bond motifs is 1. The number of benzene rings is 2. The molecule has 202 valence electrons. The lowest BCUT2D eigenvalue weighted by molar-refractivity contribution is -0.0215. The molecule has 0 unspecified atom stereocenters. The third kappa shape index (κ3) is 5.23. The minimum Gasteiger partial charge on any atom is -0.385 e. The monoisotopic (exact) mass is 551 g/mol. The normalized spacial score (nSPS) is 15.0. The highest BCUT2D eigenvalue weighted by molar-refractivity contribution is 6.31. The Balaban J connectivity index is 1.41. The number of rotatable bonds is 7. The average molecular weight is 552 g/mol. The number of ether oxygens (including phenoxy) is 1. The summed E-state index contributed by atoms with van der Waals surface area (Å²) in [5, 5.41) is 12.5. The van der Waals surface area contributed by atoms with E-state index in [9.17, 15) is 19.1 Å². The van der Waals surface area contributed by atoms with Crippen molar-refractivity contribution in [3.05, 3.63) is 87.7 Å². The van der Waals surface area contributed by atoms with Gasteiger partial charge in [-0.2, -0.15) is 0 Å². The van der Waals surface area contributed by atoms with Gasteiger partial charge in [0, 0.05) is 54.1 Å². The molecule has 3 heterocycles. The number of nitrogens with two attached hydrogens (primary N) is 1. The van der Waals surface area contributed by atoms with Crippen molar-refractivity contribution < 1.29 is 23.8 Å². The quantitative estimate of drug-likeness (QED) is 0.333. The summed E-state index contributed by atoms with van der Waals surface area (Å²) < 4.78 is 20.6. The zero-order valence-electron chi connectivity index (χ0n) is 21.2. The second-order valence-corrected chi connectivity index (χ2v) is 10.1. The molecule has 1 aliphatic heterocycles. The molecule has 1 aliphatic rings. The molecule has 0 atom stereocenters. The molecular weight excluding hydrogens is 525 g/mol. The molecule has 1 amide bonds. The third-order valence-electron chi connectivity index (χ3n) is 7.16. The highest BCUT2D eigenvalue weighted by Gasteiger charge is 2.37. The summed E-state index contributed by atoms with van der Waals surface area (Å²) in [4.78, 5) is 35.4. The fourth-order valence-corrected chi connectivity index (χ4v) is 5.27. The number of aliphatic hydroxyl groups is 1. The number of halogens is 2. The van der Waals surface area contributed by atoms with Gasteiger partial charge in [0.25, 0.3) is 5.91 Å². The number of aromatic nitrogens is 3. The molecule has 5 rings (SSSR count). The first-order valence-corrected chi connectivity index (χ1v) is 12.7. The van der Waals surface area contributed by atoms with E-state index < -0.39 is 11.4 Å². The SMILES string of the molecule is COCc1ncc(Cn2cc(C(=O)N3CCC(O)(c4ccc(F)cc4C=O)CC3)c3ccc(Cl)cc32)c(N)n1. The first-order chi connectivity index (χ1) is 18.7. The van der Waals surface area contributed by atoms with Gasteiger partial charge >= 0.3 is 0 Å². The highest BCUT2D eigenvalue weighted by Crippen LogP contribution is 2.36. The molecule has 2 aromatic heterocycles. The topological polar surface area (TPSA) is 124 Å². The van der Waals surface area contributed by atoms with Crippen LogP contribution in [0.1, 0.15) is 50.5 Å². The summed E-state index contributed by atoms with van der Waals surface area (Å²) in [7, 11) is 1.55. The van der Waals surface area contributed by atoms with Crippen LogP contribution in [0.2, 0.25) is 5.02 Å². The van der Waals surface area contributed by atoms with Crippen LogP contribution < -0.4 is 5.73 Å². The number of anilines is 1. The number of methoxy groups -OCH3 is 1. The number of carbonyl (C=O) groups is 2. The molecule has 0 radical (unpaired) electrons. The van der Waals surface area contributed by atoms with Gasteiger partial charge in [-0.15, -0.1) is 0 Å². The fraction of sp³-hybridized carbons (Fsp3) is 0.286. The van der Waals surface area contributed by atoms with Crippen molar-refractivity contribution in [2.75, 3.05) is 25.9 Å². The van der Waals surface area contributed by atoms with Crippen molar-refractivity contribution in [3.8, 4) is 0 Å². The maximum absolute atomic E-state index is 13.7. The average Bonchev–Trinajstić information content (AvgIpc) is 3.27. The summed E-state index contributed by atoms with van der Waals surface area (Å²) in [6.45, 7) is 1.08. The van der Waals surface area contributed by atoms with Gasteiger partial charge in [-0.3, -0.25) is 9.59 Å². The molecule has 39 heavy (non-hydrogen) atoms. The Hall–Kier alpha value is -3.86. The summed E-state index contributed by atoms with van der Waals surface area (Å²) in [5.41, 5.74) is 7.22. The van der Waals surface area contributed by atoms with Crippen molar-refractivity contribution in [1.82, 2.24) is 19.4 Å². The Labute approximate surface area is 229 Å². The second-order valence-electron chi connectivity index (χ2n) is 9.64. The number of amides is 1. The molecule has 0 spiro atoms. The van der Waals surface area contributed by atoms with Gasteiger partial charge in [0.1, 0.15) is 18.2 Å². The molecule has 2 aromatic carbocycles. The lowest BCUT2D eigenvalue weighted by atomic mass is 9.82. The van der Waals surface area contributed by atoms with E-state index in [0.717, 1.165) is 17.0 Å². The lowest BCUT2D eigenvalue weighted by Gasteiger charge is -2.39. The maximum atomic E-state index is 13.7. The van der Waals surface area contributed by atoms with E-state index in [2.05, 4.69) is 9.97 Å². The first kappa shape index (κ1) is 26.7. The van der Waals surface area contributed by atoms with Gasteiger partial charge in [0.2, 0.25) is 0 Å². The number of carbonyl (C=O) groups excluding carboxylic acids is 2. The molecule has 1 fully saturated rings. The number of piperidine rings is 1. The van der Waals surface area contributed by atoms with Crippen LogP contribution in [0.3, 0.4) is 0 Å². The molecule has 11 heteroatoms. The van der Waals surface area contributed by atoms with E-state index in [1.165, 1.54) is 12.1 Å². The molecule has 1 saturated heterocycles. The zero-order chi connectivity index (χ0) is 27.7. The minimum absolute atomic E-state index is 0.107. The van der Waals surface area contributed by atoms with Crippen LogP contribution in [-0.4, -0.2) is 56.9 Å². The van der Waals surface area contributed by atoms with Crippen LogP contribution in [0.15, 0.2) is 48.8 Å². The van der Waals surface area contributed by atoms with Crippen LogP contribution in [0.25, 0.3) is 10.9 Å². The minimum atomic E-state index is -1.34. The van der Waals surface area contributed by atoms with Crippen LogP contribution in [0.5, 0.6) is 0 Å². The lowest BCUT2D eigenvalue weighted by Crippen LogP contribution is -2.45. The first-order valence-electron chi connectivity index (χ1n) is 12.4. The van der Waals surface area contributed by atoms with Crippen molar-refractivity contribution in [2.45, 2.75) is 31.6 Å². The number of aldehydes is 1. The Bertz CT molecular complexity index is 1570. The second kappa shape index (κ2) is 10.7. The standard InChI is InChI=1S/C28H27ClFN5O4/c1-39-16-25-32-12-18(26(31)33-25)13-35-14-22(21-4-2-19(29)11-24(21)35)27(37)34-8-6-28(38,7-9-34)23-5-3-20(30)10-17(23)15-36/h2-5,10-12,14-15,38H,6-9,13,16H2,1H3,(H2,31,32,33). The van der Waals surface area contributed by atoms with Gasteiger partial charge < -0.3 is 25.0 Å². The van der Waals surface area contributed by atoms with E-state index in [0.29, 0.717) is 46.2 Å². The fourth-order valence-electron chi connectivity index (χ4n) is 5.10. The van der Waals surface area contributed by atoms with E-state index in [4.69, 9.17) is 22.1 Å². The van der Waals surface area contributed by atoms with Crippen molar-refractivity contribution in [1.29, 1.82) is 0 Å². The Morgan fingerprint density at radius 3 is 2.72 bits per heavy atom. The molecule has 0 bridgehead atoms. The highest BCUT2D eigenvalue weighted by atomic mass is 35.5. The van der Waals surface area contributed by atoms with Crippen LogP contribution >= 0.6 is 11.6 Å². The molecule has 3 N–H and O–H groups in total. The van der Waals surface area contributed by atoms with E-state index in [-0.39, 0.29) is 44.0 Å². The van der Waals surface area contributed by atoms with Gasteiger partial charge in [0.15, 0.2) is 12.1 Å². The van der Waals surface area contributed by atoms with Gasteiger partial charge in [0.05, 0.1) is 23.2 Å². The molecule has 9 nitrogen and oxygen atoms in total. The molecular formula is C28H27ClFN5O4. The molecule has 0 aliphatic carbocycles. The number of nitrogen functional groups attached to an aromatic ring is 1. The summed E-state index contributed by atoms with van der Waals surface area (Å²) in [6, 6.07) is 9.09. The summed E-state index contributed by atoms with van der Waals surface area (Å²) >= 11 is 6.29. The van der Waals surface area contributed by atoms with E-state index in [1.54, 1.807) is 42.6 Å². The van der Waals surface area contributed by atoms with Crippen LogP contribution in [0.4, 0.5) is 10.2 Å². The predicted molar refractivity (Wildman–Crippen MR) is 144 cm³/mol. The Morgan fingerprint density at radius 2 is 2.03 bits per heavy atom.